The van der Waals surface area contributed by atoms with Crippen LogP contribution < -0.4 is 4.57 Å². The van der Waals surface area contributed by atoms with E-state index in [4.69, 9.17) is 0 Å². The van der Waals surface area contributed by atoms with Crippen LogP contribution in [0.2, 0.25) is 0 Å². The molecule has 0 fully saturated rings. The molecule has 1 aromatic heterocycles. The molecular formula is C22H18N+. The predicted octanol–water partition coefficient (Wildman–Crippen LogP) is 4.70. The average Bonchev–Trinajstić information content (AvgIpc) is 2.58. The maximum Gasteiger partial charge on any atom is 0.221 e. The maximum absolute atomic E-state index is 2.38. The summed E-state index contributed by atoms with van der Waals surface area (Å²) >= 11 is 0. The molecule has 3 aromatic carbocycles. The van der Waals surface area contributed by atoms with Gasteiger partial charge in [0.1, 0.15) is 7.05 Å². The van der Waals surface area contributed by atoms with Gasteiger partial charge in [0.2, 0.25) is 11.2 Å². The van der Waals surface area contributed by atoms with Crippen molar-refractivity contribution in [3.63, 3.8) is 0 Å². The highest BCUT2D eigenvalue weighted by atomic mass is 14.9. The van der Waals surface area contributed by atoms with E-state index in [0.717, 1.165) is 6.42 Å². The van der Waals surface area contributed by atoms with Crippen LogP contribution in [0.4, 0.5) is 0 Å². The Labute approximate surface area is 135 Å². The highest BCUT2D eigenvalue weighted by molar-refractivity contribution is 6.11. The lowest BCUT2D eigenvalue weighted by atomic mass is 9.85. The Kier molecular flexibility index (Phi) is 2.47. The molecule has 4 aromatic rings. The summed E-state index contributed by atoms with van der Waals surface area (Å²) in [5, 5.41) is 4.14. The Bertz CT molecular complexity index is 1110. The molecule has 0 unspecified atom stereocenters. The Morgan fingerprint density at radius 2 is 1.65 bits per heavy atom. The van der Waals surface area contributed by atoms with Crippen molar-refractivity contribution in [1.29, 1.82) is 0 Å². The lowest BCUT2D eigenvalue weighted by molar-refractivity contribution is -0.632. The van der Waals surface area contributed by atoms with Crippen LogP contribution in [0.3, 0.4) is 0 Å². The van der Waals surface area contributed by atoms with E-state index in [2.05, 4.69) is 79.2 Å². The van der Waals surface area contributed by atoms with Crippen LogP contribution >= 0.6 is 0 Å². The lowest BCUT2D eigenvalue weighted by Crippen LogP contribution is -2.34. The molecule has 0 spiro atoms. The van der Waals surface area contributed by atoms with Gasteiger partial charge in [0.25, 0.3) is 0 Å². The van der Waals surface area contributed by atoms with E-state index >= 15 is 0 Å². The van der Waals surface area contributed by atoms with Crippen LogP contribution in [0, 0.1) is 6.92 Å². The summed E-state index contributed by atoms with van der Waals surface area (Å²) in [6, 6.07) is 22.4. The van der Waals surface area contributed by atoms with Gasteiger partial charge >= 0.3 is 0 Å². The molecule has 0 amide bonds. The smallest absolute Gasteiger partial charge is 0.194 e. The zero-order chi connectivity index (χ0) is 15.6. The summed E-state index contributed by atoms with van der Waals surface area (Å²) < 4.78 is 2.38. The topological polar surface area (TPSA) is 3.88 Å². The number of nitrogens with zero attached hydrogens (tertiary/aromatic N) is 1. The SMILES string of the molecule is Cc1ccc2c3cccc4c3c([n+](C)c2c1)-c1ccccc1C4. The van der Waals surface area contributed by atoms with Crippen molar-refractivity contribution < 1.29 is 4.57 Å². The fourth-order valence-corrected chi connectivity index (χ4v) is 4.11. The summed E-state index contributed by atoms with van der Waals surface area (Å²) in [4.78, 5) is 0. The molecule has 1 aliphatic rings. The fraction of sp³-hybridized carbons (Fsp3) is 0.136. The second-order valence-electron chi connectivity index (χ2n) is 6.60. The van der Waals surface area contributed by atoms with Crippen LogP contribution in [0.15, 0.2) is 60.7 Å². The quantitative estimate of drug-likeness (QED) is 0.288. The third kappa shape index (κ3) is 1.65. The van der Waals surface area contributed by atoms with E-state index in [1.165, 1.54) is 49.6 Å². The Hall–Kier alpha value is -2.67. The van der Waals surface area contributed by atoms with Crippen LogP contribution in [0.1, 0.15) is 16.7 Å². The second-order valence-corrected chi connectivity index (χ2v) is 6.60. The molecule has 1 aliphatic carbocycles. The zero-order valence-electron chi connectivity index (χ0n) is 13.4. The predicted molar refractivity (Wildman–Crippen MR) is 95.6 cm³/mol. The van der Waals surface area contributed by atoms with Gasteiger partial charge in [-0.2, -0.15) is 4.57 Å². The molecule has 0 bridgehead atoms. The van der Waals surface area contributed by atoms with Gasteiger partial charge in [0.15, 0.2) is 0 Å². The number of pyridine rings is 1. The van der Waals surface area contributed by atoms with Gasteiger partial charge in [0, 0.05) is 11.5 Å². The van der Waals surface area contributed by atoms with Gasteiger partial charge in [-0.25, -0.2) is 0 Å². The average molecular weight is 296 g/mol. The Balaban J connectivity index is 2.10. The Morgan fingerprint density at radius 1 is 0.826 bits per heavy atom. The second kappa shape index (κ2) is 4.42. The number of fused-ring (bicyclic) bond motifs is 4. The molecule has 23 heavy (non-hydrogen) atoms. The minimum Gasteiger partial charge on any atom is -0.194 e. The van der Waals surface area contributed by atoms with Gasteiger partial charge in [-0.15, -0.1) is 0 Å². The largest absolute Gasteiger partial charge is 0.221 e. The zero-order valence-corrected chi connectivity index (χ0v) is 13.4. The number of hydrogen-bond donors (Lipinski definition) is 0. The number of aromatic nitrogens is 1. The van der Waals surface area contributed by atoms with Crippen LogP contribution in [0.5, 0.6) is 0 Å². The molecule has 0 N–H and O–H groups in total. The van der Waals surface area contributed by atoms with Gasteiger partial charge in [-0.3, -0.25) is 0 Å². The fourth-order valence-electron chi connectivity index (χ4n) is 4.11. The molecule has 0 saturated heterocycles. The van der Waals surface area contributed by atoms with Crippen molar-refractivity contribution in [2.45, 2.75) is 13.3 Å². The first-order chi connectivity index (χ1) is 11.2. The van der Waals surface area contributed by atoms with E-state index in [1.54, 1.807) is 0 Å². The minimum absolute atomic E-state index is 1.03. The first kappa shape index (κ1) is 12.8. The highest BCUT2D eigenvalue weighted by Crippen LogP contribution is 2.39. The van der Waals surface area contributed by atoms with Crippen LogP contribution in [-0.4, -0.2) is 0 Å². The van der Waals surface area contributed by atoms with Gasteiger partial charge in [-0.1, -0.05) is 42.5 Å². The summed E-state index contributed by atoms with van der Waals surface area (Å²) in [5.41, 5.74) is 8.21. The van der Waals surface area contributed by atoms with Crippen LogP contribution in [0.25, 0.3) is 32.9 Å². The van der Waals surface area contributed by atoms with Crippen molar-refractivity contribution in [2.75, 3.05) is 0 Å². The van der Waals surface area contributed by atoms with Crippen molar-refractivity contribution in [3.8, 4) is 11.3 Å². The van der Waals surface area contributed by atoms with Gasteiger partial charge in [0.05, 0.1) is 16.3 Å². The number of hydrogen-bond acceptors (Lipinski definition) is 0. The normalized spacial score (nSPS) is 12.6. The molecule has 1 nitrogen and oxygen atoms in total. The van der Waals surface area contributed by atoms with E-state index in [0.29, 0.717) is 0 Å². The monoisotopic (exact) mass is 296 g/mol. The van der Waals surface area contributed by atoms with E-state index in [-0.39, 0.29) is 0 Å². The minimum atomic E-state index is 1.03. The molecule has 1 heteroatoms. The molecule has 0 saturated carbocycles. The summed E-state index contributed by atoms with van der Waals surface area (Å²) in [7, 11) is 2.20. The summed E-state index contributed by atoms with van der Waals surface area (Å²) in [6.45, 7) is 2.17. The molecule has 0 atom stereocenters. The molecular weight excluding hydrogens is 278 g/mol. The lowest BCUT2D eigenvalue weighted by Gasteiger charge is -2.19. The van der Waals surface area contributed by atoms with Gasteiger partial charge < -0.3 is 0 Å². The first-order valence-electron chi connectivity index (χ1n) is 8.16. The number of aryl methyl sites for hydroxylation is 2. The van der Waals surface area contributed by atoms with E-state index < -0.39 is 0 Å². The third-order valence-corrected chi connectivity index (χ3v) is 5.18. The molecule has 0 radical (unpaired) electrons. The van der Waals surface area contributed by atoms with E-state index in [9.17, 15) is 0 Å². The van der Waals surface area contributed by atoms with Crippen molar-refractivity contribution in [2.24, 2.45) is 7.05 Å². The molecule has 5 rings (SSSR count). The highest BCUT2D eigenvalue weighted by Gasteiger charge is 2.27. The summed E-state index contributed by atoms with van der Waals surface area (Å²) in [6.07, 6.45) is 1.03. The third-order valence-electron chi connectivity index (χ3n) is 5.18. The molecule has 0 aliphatic heterocycles. The van der Waals surface area contributed by atoms with Crippen molar-refractivity contribution in [1.82, 2.24) is 0 Å². The van der Waals surface area contributed by atoms with Gasteiger partial charge in [-0.05, 0) is 42.2 Å². The van der Waals surface area contributed by atoms with Crippen LogP contribution in [-0.2, 0) is 13.5 Å². The van der Waals surface area contributed by atoms with E-state index in [1.807, 2.05) is 0 Å². The maximum atomic E-state index is 2.38. The Morgan fingerprint density at radius 3 is 2.57 bits per heavy atom. The first-order valence-corrected chi connectivity index (χ1v) is 8.16. The molecule has 110 valence electrons. The molecule has 1 heterocycles. The summed E-state index contributed by atoms with van der Waals surface area (Å²) in [5.74, 6) is 0. The van der Waals surface area contributed by atoms with Crippen molar-refractivity contribution >= 4 is 21.7 Å². The number of rotatable bonds is 0. The van der Waals surface area contributed by atoms with Crippen molar-refractivity contribution in [3.05, 3.63) is 77.4 Å². The number of benzene rings is 3. The standard InChI is InChI=1S/C22H18N/c1-14-10-11-18-19-9-5-7-16-13-15-6-3-4-8-17(15)22(21(16)19)23(2)20(18)12-14/h3-12H,13H2,1-2H3/q+1.